The Balaban J connectivity index is 2.09. The second kappa shape index (κ2) is 6.47. The lowest BCUT2D eigenvalue weighted by molar-refractivity contribution is -0.169. The van der Waals surface area contributed by atoms with Crippen LogP contribution in [0.3, 0.4) is 0 Å². The highest BCUT2D eigenvalue weighted by atomic mass is 16.8. The zero-order valence-electron chi connectivity index (χ0n) is 15.9. The third kappa shape index (κ3) is 3.64. The standard InChI is InChI=1S/C17H25N3O7/c1-16(2,3)27-15(24)20-9(7-21)11-12(26-17(4,5)25-11)10(20)8-6-18-14(23)19-13(8)22/h6,9-12,21H,7H2,1-5H3,(H2,18,19,22,23). The van der Waals surface area contributed by atoms with E-state index in [0.717, 1.165) is 0 Å². The van der Waals surface area contributed by atoms with Crippen LogP contribution in [0.15, 0.2) is 15.8 Å². The van der Waals surface area contributed by atoms with Gasteiger partial charge in [0.1, 0.15) is 17.8 Å². The molecule has 0 spiro atoms. The molecule has 0 aromatic carbocycles. The van der Waals surface area contributed by atoms with Gasteiger partial charge in [-0.15, -0.1) is 0 Å². The number of fused-ring (bicyclic) bond motifs is 1. The van der Waals surface area contributed by atoms with Gasteiger partial charge in [0.15, 0.2) is 5.79 Å². The maximum absolute atomic E-state index is 12.9. The SMILES string of the molecule is CC(C)(C)OC(=O)N1C(CO)C2OC(C)(C)OC2C1c1c[nH]c(=O)[nH]c1=O. The van der Waals surface area contributed by atoms with Crippen LogP contribution >= 0.6 is 0 Å². The predicted molar refractivity (Wildman–Crippen MR) is 93.2 cm³/mol. The Bertz CT molecular complexity index is 838. The number of carbonyl (C=O) groups is 1. The molecule has 10 heteroatoms. The van der Waals surface area contributed by atoms with Crippen LogP contribution in [0.25, 0.3) is 0 Å². The number of aromatic nitrogens is 2. The zero-order valence-corrected chi connectivity index (χ0v) is 15.9. The van der Waals surface area contributed by atoms with Gasteiger partial charge < -0.3 is 24.3 Å². The minimum atomic E-state index is -0.948. The summed E-state index contributed by atoms with van der Waals surface area (Å²) in [4.78, 5) is 42.5. The van der Waals surface area contributed by atoms with Gasteiger partial charge in [-0.3, -0.25) is 14.7 Å². The number of H-pyrrole nitrogens is 2. The van der Waals surface area contributed by atoms with Crippen LogP contribution in [-0.4, -0.2) is 62.3 Å². The number of hydrogen-bond acceptors (Lipinski definition) is 7. The maximum atomic E-state index is 12.9. The van der Waals surface area contributed by atoms with Crippen molar-refractivity contribution >= 4 is 6.09 Å². The van der Waals surface area contributed by atoms with Gasteiger partial charge in [0, 0.05) is 6.20 Å². The first-order valence-corrected chi connectivity index (χ1v) is 8.73. The highest BCUT2D eigenvalue weighted by molar-refractivity contribution is 5.70. The van der Waals surface area contributed by atoms with Crippen molar-refractivity contribution in [3.05, 3.63) is 32.6 Å². The second-order valence-corrected chi connectivity index (χ2v) is 8.17. The molecule has 1 aromatic heterocycles. The predicted octanol–water partition coefficient (Wildman–Crippen LogP) is 0.236. The van der Waals surface area contributed by atoms with E-state index >= 15 is 0 Å². The zero-order chi connectivity index (χ0) is 20.1. The molecule has 3 heterocycles. The normalized spacial score (nSPS) is 29.6. The molecular weight excluding hydrogens is 358 g/mol. The van der Waals surface area contributed by atoms with Gasteiger partial charge >= 0.3 is 11.8 Å². The van der Waals surface area contributed by atoms with Crippen molar-refractivity contribution in [1.82, 2.24) is 14.9 Å². The molecule has 4 unspecified atom stereocenters. The van der Waals surface area contributed by atoms with Gasteiger partial charge in [-0.05, 0) is 34.6 Å². The third-order valence-electron chi connectivity index (χ3n) is 4.47. The lowest BCUT2D eigenvalue weighted by Gasteiger charge is -2.34. The molecule has 2 saturated heterocycles. The quantitative estimate of drug-likeness (QED) is 0.666. The summed E-state index contributed by atoms with van der Waals surface area (Å²) in [6.45, 7) is 8.17. The van der Waals surface area contributed by atoms with Crippen LogP contribution in [0, 0.1) is 0 Å². The molecule has 0 saturated carbocycles. The Kier molecular flexibility index (Phi) is 4.69. The molecule has 1 amide bonds. The van der Waals surface area contributed by atoms with E-state index in [1.54, 1.807) is 34.6 Å². The molecule has 2 fully saturated rings. The number of likely N-dealkylation sites (tertiary alicyclic amines) is 1. The van der Waals surface area contributed by atoms with E-state index in [1.165, 1.54) is 11.1 Å². The van der Waals surface area contributed by atoms with Crippen LogP contribution in [0.1, 0.15) is 46.2 Å². The summed E-state index contributed by atoms with van der Waals surface area (Å²) in [5, 5.41) is 9.95. The Morgan fingerprint density at radius 1 is 1.30 bits per heavy atom. The minimum Gasteiger partial charge on any atom is -0.444 e. The van der Waals surface area contributed by atoms with Crippen molar-refractivity contribution in [3.63, 3.8) is 0 Å². The van der Waals surface area contributed by atoms with Crippen molar-refractivity contribution in [1.29, 1.82) is 0 Å². The van der Waals surface area contributed by atoms with Crippen molar-refractivity contribution in [3.8, 4) is 0 Å². The summed E-state index contributed by atoms with van der Waals surface area (Å²) in [7, 11) is 0. The average Bonchev–Trinajstić information content (AvgIpc) is 2.96. The van der Waals surface area contributed by atoms with Gasteiger partial charge in [0.2, 0.25) is 0 Å². The lowest BCUT2D eigenvalue weighted by Crippen LogP contribution is -2.48. The Morgan fingerprint density at radius 3 is 2.48 bits per heavy atom. The molecule has 3 rings (SSSR count). The molecule has 2 aliphatic rings. The van der Waals surface area contributed by atoms with E-state index in [1.807, 2.05) is 0 Å². The number of nitrogens with zero attached hydrogens (tertiary/aromatic N) is 1. The summed E-state index contributed by atoms with van der Waals surface area (Å²) in [5.74, 6) is -0.948. The fourth-order valence-corrected chi connectivity index (χ4v) is 3.60. The summed E-state index contributed by atoms with van der Waals surface area (Å²) in [5.41, 5.74) is -1.97. The monoisotopic (exact) mass is 383 g/mol. The average molecular weight is 383 g/mol. The van der Waals surface area contributed by atoms with Gasteiger partial charge in [0.25, 0.3) is 5.56 Å². The molecule has 0 bridgehead atoms. The van der Waals surface area contributed by atoms with E-state index in [4.69, 9.17) is 14.2 Å². The van der Waals surface area contributed by atoms with Crippen molar-refractivity contribution in [2.45, 2.75) is 70.3 Å². The number of aliphatic hydroxyl groups excluding tert-OH is 1. The van der Waals surface area contributed by atoms with Crippen LogP contribution in [0.2, 0.25) is 0 Å². The van der Waals surface area contributed by atoms with E-state index in [-0.39, 0.29) is 5.56 Å². The Labute approximate surface area is 155 Å². The van der Waals surface area contributed by atoms with E-state index in [2.05, 4.69) is 9.97 Å². The molecule has 4 atom stereocenters. The first kappa shape index (κ1) is 19.6. The van der Waals surface area contributed by atoms with Gasteiger partial charge in [-0.25, -0.2) is 9.59 Å². The van der Waals surface area contributed by atoms with Gasteiger partial charge in [-0.2, -0.15) is 0 Å². The molecular formula is C17H25N3O7. The minimum absolute atomic E-state index is 0.118. The number of hydrogen-bond donors (Lipinski definition) is 3. The largest absolute Gasteiger partial charge is 0.444 e. The molecule has 0 aliphatic carbocycles. The summed E-state index contributed by atoms with van der Waals surface area (Å²) >= 11 is 0. The molecule has 150 valence electrons. The van der Waals surface area contributed by atoms with Crippen LogP contribution < -0.4 is 11.2 Å². The Morgan fingerprint density at radius 2 is 1.93 bits per heavy atom. The molecule has 1 aromatic rings. The van der Waals surface area contributed by atoms with Crippen molar-refractivity contribution in [2.75, 3.05) is 6.61 Å². The Hall–Kier alpha value is -2.17. The van der Waals surface area contributed by atoms with E-state index in [9.17, 15) is 19.5 Å². The van der Waals surface area contributed by atoms with E-state index in [0.29, 0.717) is 0 Å². The second-order valence-electron chi connectivity index (χ2n) is 8.17. The molecule has 2 aliphatic heterocycles. The topological polar surface area (TPSA) is 134 Å². The number of aliphatic hydroxyl groups is 1. The smallest absolute Gasteiger partial charge is 0.411 e. The number of carbonyl (C=O) groups excluding carboxylic acids is 1. The van der Waals surface area contributed by atoms with E-state index < -0.39 is 59.6 Å². The fourth-order valence-electron chi connectivity index (χ4n) is 3.60. The summed E-state index contributed by atoms with van der Waals surface area (Å²) in [6.07, 6.45) is -0.837. The lowest BCUT2D eigenvalue weighted by atomic mass is 10.0. The van der Waals surface area contributed by atoms with Gasteiger partial charge in [0.05, 0.1) is 24.3 Å². The molecule has 3 N–H and O–H groups in total. The number of nitrogens with one attached hydrogen (secondary N) is 2. The van der Waals surface area contributed by atoms with Crippen molar-refractivity contribution in [2.24, 2.45) is 0 Å². The number of rotatable bonds is 2. The highest BCUT2D eigenvalue weighted by Crippen LogP contribution is 2.46. The highest BCUT2D eigenvalue weighted by Gasteiger charge is 2.60. The molecule has 27 heavy (non-hydrogen) atoms. The fraction of sp³-hybridized carbons (Fsp3) is 0.706. The first-order chi connectivity index (χ1) is 12.4. The van der Waals surface area contributed by atoms with Crippen LogP contribution in [0.5, 0.6) is 0 Å². The third-order valence-corrected chi connectivity index (χ3v) is 4.47. The summed E-state index contributed by atoms with van der Waals surface area (Å²) < 4.78 is 17.3. The van der Waals surface area contributed by atoms with Crippen LogP contribution in [0.4, 0.5) is 4.79 Å². The molecule has 10 nitrogen and oxygen atoms in total. The summed E-state index contributed by atoms with van der Waals surface area (Å²) in [6, 6.07) is -1.67. The van der Waals surface area contributed by atoms with Crippen LogP contribution in [-0.2, 0) is 14.2 Å². The van der Waals surface area contributed by atoms with Gasteiger partial charge in [-0.1, -0.05) is 0 Å². The number of amides is 1. The first-order valence-electron chi connectivity index (χ1n) is 8.73. The van der Waals surface area contributed by atoms with Crippen molar-refractivity contribution < 1.29 is 24.1 Å². The number of aromatic amines is 2. The number of ether oxygens (including phenoxy) is 3. The maximum Gasteiger partial charge on any atom is 0.411 e. The molecule has 0 radical (unpaired) electrons.